The van der Waals surface area contributed by atoms with E-state index in [-0.39, 0.29) is 5.91 Å². The topological polar surface area (TPSA) is 65.4 Å². The Bertz CT molecular complexity index is 1010. The number of carbonyl (C=O) groups is 1. The monoisotopic (exact) mass is 433 g/mol. The van der Waals surface area contributed by atoms with E-state index in [1.165, 1.54) is 0 Å². The van der Waals surface area contributed by atoms with Crippen molar-refractivity contribution >= 4 is 5.91 Å². The SMILES string of the molecule is COc1ccccc1-c1cccc(C[C@@]2(C(=O)NCCCCn3ccnc3)CCCO2)c1. The first-order chi connectivity index (χ1) is 15.7. The molecule has 6 heteroatoms. The third kappa shape index (κ3) is 5.19. The van der Waals surface area contributed by atoms with Gasteiger partial charge in [-0.25, -0.2) is 4.98 Å². The first-order valence-corrected chi connectivity index (χ1v) is 11.3. The molecule has 0 spiro atoms. The molecular weight excluding hydrogens is 402 g/mol. The van der Waals surface area contributed by atoms with Gasteiger partial charge in [0.05, 0.1) is 13.4 Å². The molecule has 3 aromatic rings. The maximum Gasteiger partial charge on any atom is 0.252 e. The Morgan fingerprint density at radius 3 is 2.91 bits per heavy atom. The van der Waals surface area contributed by atoms with Crippen molar-refractivity contribution in [1.29, 1.82) is 0 Å². The minimum absolute atomic E-state index is 0.000301. The molecule has 168 valence electrons. The van der Waals surface area contributed by atoms with Crippen molar-refractivity contribution in [3.05, 3.63) is 72.8 Å². The van der Waals surface area contributed by atoms with Gasteiger partial charge in [0.15, 0.2) is 5.60 Å². The van der Waals surface area contributed by atoms with E-state index in [0.29, 0.717) is 19.6 Å². The standard InChI is InChI=1S/C26H31N3O3/c1-31-24-11-3-2-10-23(24)22-9-6-8-21(18-22)19-26(12-7-17-32-26)25(30)28-13-4-5-15-29-16-14-27-20-29/h2-3,6,8-11,14,16,18,20H,4-5,7,12-13,15,17,19H2,1H3,(H,28,30)/t26-/m1/s1. The molecule has 6 nitrogen and oxygen atoms in total. The zero-order valence-electron chi connectivity index (χ0n) is 18.6. The number of imidazole rings is 1. The first kappa shape index (κ1) is 22.1. The van der Waals surface area contributed by atoms with Crippen LogP contribution in [0.3, 0.4) is 0 Å². The van der Waals surface area contributed by atoms with Gasteiger partial charge in [0.25, 0.3) is 5.91 Å². The van der Waals surface area contributed by atoms with Gasteiger partial charge in [0, 0.05) is 44.1 Å². The van der Waals surface area contributed by atoms with Gasteiger partial charge in [0.1, 0.15) is 5.75 Å². The Balaban J connectivity index is 1.39. The largest absolute Gasteiger partial charge is 0.496 e. The van der Waals surface area contributed by atoms with Crippen molar-refractivity contribution in [2.75, 3.05) is 20.3 Å². The number of ether oxygens (including phenoxy) is 2. The molecule has 1 amide bonds. The van der Waals surface area contributed by atoms with Gasteiger partial charge >= 0.3 is 0 Å². The quantitative estimate of drug-likeness (QED) is 0.486. The second-order valence-corrected chi connectivity index (χ2v) is 8.29. The molecule has 1 saturated heterocycles. The number of aryl methyl sites for hydroxylation is 1. The Morgan fingerprint density at radius 1 is 1.22 bits per heavy atom. The second-order valence-electron chi connectivity index (χ2n) is 8.29. The number of aromatic nitrogens is 2. The fourth-order valence-electron chi connectivity index (χ4n) is 4.36. The van der Waals surface area contributed by atoms with Crippen LogP contribution in [0.25, 0.3) is 11.1 Å². The summed E-state index contributed by atoms with van der Waals surface area (Å²) >= 11 is 0. The highest BCUT2D eigenvalue weighted by Crippen LogP contribution is 2.33. The number of unbranched alkanes of at least 4 members (excludes halogenated alkanes) is 1. The predicted molar refractivity (Wildman–Crippen MR) is 125 cm³/mol. The lowest BCUT2D eigenvalue weighted by atomic mass is 9.89. The summed E-state index contributed by atoms with van der Waals surface area (Å²) in [4.78, 5) is 17.2. The third-order valence-electron chi connectivity index (χ3n) is 6.04. The molecule has 0 bridgehead atoms. The number of carbonyl (C=O) groups excluding carboxylic acids is 1. The van der Waals surface area contributed by atoms with Crippen LogP contribution in [0.2, 0.25) is 0 Å². The number of para-hydroxylation sites is 1. The van der Waals surface area contributed by atoms with Crippen molar-refractivity contribution in [2.45, 2.75) is 44.2 Å². The molecular formula is C26H31N3O3. The Kier molecular flexibility index (Phi) is 7.22. The molecule has 0 saturated carbocycles. The average molecular weight is 434 g/mol. The van der Waals surface area contributed by atoms with Gasteiger partial charge < -0.3 is 19.4 Å². The highest BCUT2D eigenvalue weighted by atomic mass is 16.5. The first-order valence-electron chi connectivity index (χ1n) is 11.3. The number of benzene rings is 2. The lowest BCUT2D eigenvalue weighted by Crippen LogP contribution is -2.48. The second kappa shape index (κ2) is 10.5. The molecule has 0 radical (unpaired) electrons. The van der Waals surface area contributed by atoms with Gasteiger partial charge in [0.2, 0.25) is 0 Å². The highest BCUT2D eigenvalue weighted by Gasteiger charge is 2.42. The van der Waals surface area contributed by atoms with Crippen LogP contribution in [-0.4, -0.2) is 41.3 Å². The molecule has 1 aliphatic heterocycles. The number of rotatable bonds is 10. The molecule has 2 heterocycles. The molecule has 2 aromatic carbocycles. The number of hydrogen-bond acceptors (Lipinski definition) is 4. The number of hydrogen-bond donors (Lipinski definition) is 1. The zero-order chi connectivity index (χ0) is 22.2. The molecule has 1 N–H and O–H groups in total. The van der Waals surface area contributed by atoms with Crippen molar-refractivity contribution in [3.8, 4) is 16.9 Å². The van der Waals surface area contributed by atoms with Crippen LogP contribution in [-0.2, 0) is 22.5 Å². The fraction of sp³-hybridized carbons (Fsp3) is 0.385. The van der Waals surface area contributed by atoms with Gasteiger partial charge in [-0.1, -0.05) is 42.5 Å². The summed E-state index contributed by atoms with van der Waals surface area (Å²) in [7, 11) is 1.68. The van der Waals surface area contributed by atoms with E-state index in [2.05, 4.69) is 39.1 Å². The highest BCUT2D eigenvalue weighted by molar-refractivity contribution is 5.86. The number of methoxy groups -OCH3 is 1. The molecule has 1 aliphatic rings. The van der Waals surface area contributed by atoms with Gasteiger partial charge in [-0.2, -0.15) is 0 Å². The lowest BCUT2D eigenvalue weighted by molar-refractivity contribution is -0.141. The van der Waals surface area contributed by atoms with E-state index >= 15 is 0 Å². The van der Waals surface area contributed by atoms with Crippen molar-refractivity contribution in [2.24, 2.45) is 0 Å². The molecule has 1 aromatic heterocycles. The Hall–Kier alpha value is -3.12. The average Bonchev–Trinajstić information content (AvgIpc) is 3.52. The normalized spacial score (nSPS) is 17.9. The van der Waals surface area contributed by atoms with Crippen molar-refractivity contribution in [1.82, 2.24) is 14.9 Å². The minimum Gasteiger partial charge on any atom is -0.496 e. The van der Waals surface area contributed by atoms with Crippen LogP contribution in [0.15, 0.2) is 67.3 Å². The van der Waals surface area contributed by atoms with E-state index in [4.69, 9.17) is 9.47 Å². The summed E-state index contributed by atoms with van der Waals surface area (Å²) in [6.07, 6.45) is 9.68. The predicted octanol–water partition coefficient (Wildman–Crippen LogP) is 4.25. The fourth-order valence-corrected chi connectivity index (χ4v) is 4.36. The molecule has 1 atom stereocenters. The summed E-state index contributed by atoms with van der Waals surface area (Å²) in [6.45, 7) is 2.19. The van der Waals surface area contributed by atoms with Gasteiger partial charge in [-0.05, 0) is 42.9 Å². The van der Waals surface area contributed by atoms with Crippen molar-refractivity contribution in [3.63, 3.8) is 0 Å². The van der Waals surface area contributed by atoms with Crippen LogP contribution in [0.5, 0.6) is 5.75 Å². The number of nitrogens with zero attached hydrogens (tertiary/aromatic N) is 2. The molecule has 4 rings (SSSR count). The van der Waals surface area contributed by atoms with E-state index < -0.39 is 5.60 Å². The summed E-state index contributed by atoms with van der Waals surface area (Å²) in [5, 5.41) is 3.12. The van der Waals surface area contributed by atoms with E-state index in [1.54, 1.807) is 13.3 Å². The summed E-state index contributed by atoms with van der Waals surface area (Å²) in [6, 6.07) is 16.3. The van der Waals surface area contributed by atoms with Crippen molar-refractivity contribution < 1.29 is 14.3 Å². The maximum absolute atomic E-state index is 13.1. The van der Waals surface area contributed by atoms with Gasteiger partial charge in [-0.3, -0.25) is 4.79 Å². The number of amides is 1. The van der Waals surface area contributed by atoms with Crippen LogP contribution in [0.1, 0.15) is 31.2 Å². The maximum atomic E-state index is 13.1. The summed E-state index contributed by atoms with van der Waals surface area (Å²) in [5.41, 5.74) is 2.42. The van der Waals surface area contributed by atoms with Crippen LogP contribution in [0.4, 0.5) is 0 Å². The Labute approximate surface area is 189 Å². The van der Waals surface area contributed by atoms with E-state index in [1.807, 2.05) is 36.8 Å². The molecule has 0 unspecified atom stereocenters. The smallest absolute Gasteiger partial charge is 0.252 e. The number of nitrogens with one attached hydrogen (secondary N) is 1. The lowest BCUT2D eigenvalue weighted by Gasteiger charge is -2.27. The summed E-state index contributed by atoms with van der Waals surface area (Å²) in [5.74, 6) is 0.838. The Morgan fingerprint density at radius 2 is 2.12 bits per heavy atom. The molecule has 32 heavy (non-hydrogen) atoms. The molecule has 1 fully saturated rings. The third-order valence-corrected chi connectivity index (χ3v) is 6.04. The van der Waals surface area contributed by atoms with E-state index in [9.17, 15) is 4.79 Å². The van der Waals surface area contributed by atoms with Crippen LogP contribution >= 0.6 is 0 Å². The zero-order valence-corrected chi connectivity index (χ0v) is 18.6. The van der Waals surface area contributed by atoms with Crippen LogP contribution < -0.4 is 10.1 Å². The van der Waals surface area contributed by atoms with Crippen LogP contribution in [0, 0.1) is 0 Å². The van der Waals surface area contributed by atoms with Gasteiger partial charge in [-0.15, -0.1) is 0 Å². The minimum atomic E-state index is -0.788. The summed E-state index contributed by atoms with van der Waals surface area (Å²) < 4.78 is 13.6. The van der Waals surface area contributed by atoms with E-state index in [0.717, 1.165) is 54.7 Å². The molecule has 0 aliphatic carbocycles.